The van der Waals surface area contributed by atoms with Gasteiger partial charge in [0.05, 0.1) is 12.4 Å². The van der Waals surface area contributed by atoms with E-state index in [0.717, 1.165) is 49.6 Å². The van der Waals surface area contributed by atoms with Gasteiger partial charge in [-0.2, -0.15) is 0 Å². The van der Waals surface area contributed by atoms with Gasteiger partial charge in [-0.1, -0.05) is 39.0 Å². The molecule has 172 valence electrons. The van der Waals surface area contributed by atoms with E-state index >= 15 is 0 Å². The summed E-state index contributed by atoms with van der Waals surface area (Å²) < 4.78 is 64.0. The fourth-order valence-electron chi connectivity index (χ4n) is 2.60. The number of sulfonamides is 1. The van der Waals surface area contributed by atoms with Crippen molar-refractivity contribution in [2.24, 2.45) is 0 Å². The lowest BCUT2D eigenvalue weighted by Gasteiger charge is -2.10. The molecule has 1 N–H and O–H groups in total. The molecule has 1 aromatic rings. The van der Waals surface area contributed by atoms with E-state index in [1.54, 1.807) is 6.92 Å². The number of thioether (sulfide) groups is 1. The monoisotopic (exact) mass is 467 g/mol. The summed E-state index contributed by atoms with van der Waals surface area (Å²) in [5, 5.41) is 0. The van der Waals surface area contributed by atoms with Crippen molar-refractivity contribution in [1.82, 2.24) is 4.72 Å². The lowest BCUT2D eigenvalue weighted by atomic mass is 10.1. The standard InChI is InChI=1S/C20H31F2NO5S2/c1-3-5-6-7-8-9-12-30(25,26)23-10-11-29-16-13-17(21)20(18(22)14-16)28-15-19(24)27-4-2/h13-14,23H,3-12,15H2,1-2H3. The minimum Gasteiger partial charge on any atom is -0.476 e. The third kappa shape index (κ3) is 11.1. The van der Waals surface area contributed by atoms with Crippen LogP contribution in [0.25, 0.3) is 0 Å². The number of hydrogen-bond acceptors (Lipinski definition) is 6. The van der Waals surface area contributed by atoms with Crippen molar-refractivity contribution in [1.29, 1.82) is 0 Å². The SMILES string of the molecule is CCCCCCCCS(=O)(=O)NCCSc1cc(F)c(OCC(=O)OCC)c(F)c1. The van der Waals surface area contributed by atoms with Crippen molar-refractivity contribution in [2.45, 2.75) is 57.3 Å². The summed E-state index contributed by atoms with van der Waals surface area (Å²) in [7, 11) is -3.35. The number of nitrogens with one attached hydrogen (secondary N) is 1. The number of rotatable bonds is 16. The predicted octanol–water partition coefficient (Wildman–Crippen LogP) is 4.28. The maximum atomic E-state index is 14.1. The number of carbonyl (C=O) groups is 1. The smallest absolute Gasteiger partial charge is 0.344 e. The number of benzene rings is 1. The second-order valence-electron chi connectivity index (χ2n) is 6.64. The Hall–Kier alpha value is -1.39. The van der Waals surface area contributed by atoms with Crippen LogP contribution in [0.2, 0.25) is 0 Å². The van der Waals surface area contributed by atoms with E-state index in [1.165, 1.54) is 6.42 Å². The van der Waals surface area contributed by atoms with Crippen molar-refractivity contribution in [3.8, 4) is 5.75 Å². The Bertz CT molecular complexity index is 737. The van der Waals surface area contributed by atoms with E-state index in [0.29, 0.717) is 17.1 Å². The van der Waals surface area contributed by atoms with Gasteiger partial charge in [-0.15, -0.1) is 11.8 Å². The molecule has 0 aromatic heterocycles. The fraction of sp³-hybridized carbons (Fsp3) is 0.650. The molecule has 0 spiro atoms. The van der Waals surface area contributed by atoms with Crippen molar-refractivity contribution in [3.05, 3.63) is 23.8 Å². The normalized spacial score (nSPS) is 11.5. The van der Waals surface area contributed by atoms with Gasteiger partial charge in [0.25, 0.3) is 0 Å². The van der Waals surface area contributed by atoms with Crippen molar-refractivity contribution >= 4 is 27.8 Å². The van der Waals surface area contributed by atoms with Gasteiger partial charge in [-0.3, -0.25) is 0 Å². The highest BCUT2D eigenvalue weighted by Crippen LogP contribution is 2.28. The molecule has 30 heavy (non-hydrogen) atoms. The highest BCUT2D eigenvalue weighted by molar-refractivity contribution is 7.99. The molecule has 0 heterocycles. The molecule has 0 radical (unpaired) electrons. The molecule has 0 aliphatic carbocycles. The van der Waals surface area contributed by atoms with Gasteiger partial charge in [0.1, 0.15) is 0 Å². The average Bonchev–Trinajstić information content (AvgIpc) is 2.67. The zero-order valence-corrected chi connectivity index (χ0v) is 19.2. The van der Waals surface area contributed by atoms with Gasteiger partial charge in [0, 0.05) is 17.2 Å². The van der Waals surface area contributed by atoms with Crippen LogP contribution in [0.3, 0.4) is 0 Å². The average molecular weight is 468 g/mol. The van der Waals surface area contributed by atoms with E-state index in [4.69, 9.17) is 4.74 Å². The fourth-order valence-corrected chi connectivity index (χ4v) is 4.69. The van der Waals surface area contributed by atoms with Crippen LogP contribution in [-0.2, 0) is 19.6 Å². The zero-order valence-electron chi connectivity index (χ0n) is 17.5. The molecule has 10 heteroatoms. The summed E-state index contributed by atoms with van der Waals surface area (Å²) in [6.45, 7) is 3.45. The summed E-state index contributed by atoms with van der Waals surface area (Å²) in [5.41, 5.74) is 0. The van der Waals surface area contributed by atoms with E-state index in [-0.39, 0.29) is 18.9 Å². The Labute approximate surface area is 182 Å². The Morgan fingerprint density at radius 3 is 2.33 bits per heavy atom. The molecule has 0 amide bonds. The third-order valence-corrected chi connectivity index (χ3v) is 6.52. The van der Waals surface area contributed by atoms with Gasteiger partial charge in [-0.25, -0.2) is 26.7 Å². The topological polar surface area (TPSA) is 81.7 Å². The summed E-state index contributed by atoms with van der Waals surface area (Å²) in [6, 6.07) is 2.16. The minimum atomic E-state index is -3.35. The lowest BCUT2D eigenvalue weighted by Crippen LogP contribution is -2.28. The van der Waals surface area contributed by atoms with Crippen LogP contribution in [0, 0.1) is 11.6 Å². The predicted molar refractivity (Wildman–Crippen MR) is 114 cm³/mol. The molecule has 6 nitrogen and oxygen atoms in total. The Balaban J connectivity index is 2.38. The zero-order chi connectivity index (χ0) is 22.4. The maximum Gasteiger partial charge on any atom is 0.344 e. The van der Waals surface area contributed by atoms with Crippen LogP contribution in [0.15, 0.2) is 17.0 Å². The first-order valence-corrected chi connectivity index (χ1v) is 12.8. The first-order chi connectivity index (χ1) is 14.3. The van der Waals surface area contributed by atoms with Crippen LogP contribution >= 0.6 is 11.8 Å². The van der Waals surface area contributed by atoms with Gasteiger partial charge >= 0.3 is 5.97 Å². The third-order valence-electron chi connectivity index (χ3n) is 4.07. The second-order valence-corrected chi connectivity index (χ2v) is 9.73. The molecular formula is C20H31F2NO5S2. The number of ether oxygens (including phenoxy) is 2. The maximum absolute atomic E-state index is 14.1. The molecule has 1 aromatic carbocycles. The summed E-state index contributed by atoms with van der Waals surface area (Å²) in [5.74, 6) is -2.84. The molecule has 0 saturated heterocycles. The molecule has 0 saturated carbocycles. The van der Waals surface area contributed by atoms with Crippen molar-refractivity contribution in [3.63, 3.8) is 0 Å². The quantitative estimate of drug-likeness (QED) is 0.222. The highest BCUT2D eigenvalue weighted by atomic mass is 32.2. The molecule has 0 fully saturated rings. The summed E-state index contributed by atoms with van der Waals surface area (Å²) >= 11 is 1.11. The number of esters is 1. The Kier molecular flexibility index (Phi) is 13.0. The Morgan fingerprint density at radius 2 is 1.70 bits per heavy atom. The van der Waals surface area contributed by atoms with Crippen LogP contribution in [0.5, 0.6) is 5.75 Å². The molecule has 0 unspecified atom stereocenters. The number of halogens is 2. The molecule has 0 aliphatic heterocycles. The van der Waals surface area contributed by atoms with Gasteiger partial charge in [0.15, 0.2) is 24.0 Å². The molecular weight excluding hydrogens is 436 g/mol. The minimum absolute atomic E-state index is 0.0829. The number of carbonyl (C=O) groups excluding carboxylic acids is 1. The van der Waals surface area contributed by atoms with Crippen molar-refractivity contribution < 1.29 is 31.5 Å². The first-order valence-electron chi connectivity index (χ1n) is 10.2. The Morgan fingerprint density at radius 1 is 1.07 bits per heavy atom. The molecule has 0 aliphatic rings. The number of hydrogen-bond donors (Lipinski definition) is 1. The van der Waals surface area contributed by atoms with Crippen LogP contribution < -0.4 is 9.46 Å². The first kappa shape index (κ1) is 26.6. The van der Waals surface area contributed by atoms with Crippen LogP contribution in [-0.4, -0.2) is 45.7 Å². The number of unbranched alkanes of at least 4 members (excludes halogenated alkanes) is 5. The van der Waals surface area contributed by atoms with Gasteiger partial charge in [-0.05, 0) is 25.5 Å². The molecule has 1 rings (SSSR count). The molecule has 0 bridgehead atoms. The van der Waals surface area contributed by atoms with Crippen molar-refractivity contribution in [2.75, 3.05) is 31.3 Å². The second kappa shape index (κ2) is 14.6. The largest absolute Gasteiger partial charge is 0.476 e. The van der Waals surface area contributed by atoms with Gasteiger partial charge < -0.3 is 9.47 Å². The van der Waals surface area contributed by atoms with Gasteiger partial charge in [0.2, 0.25) is 10.0 Å². The lowest BCUT2D eigenvalue weighted by molar-refractivity contribution is -0.145. The van der Waals surface area contributed by atoms with E-state index < -0.39 is 40.0 Å². The van der Waals surface area contributed by atoms with E-state index in [9.17, 15) is 22.0 Å². The molecule has 0 atom stereocenters. The van der Waals surface area contributed by atoms with E-state index in [2.05, 4.69) is 16.4 Å². The van der Waals surface area contributed by atoms with Crippen LogP contribution in [0.1, 0.15) is 52.4 Å². The van der Waals surface area contributed by atoms with Crippen LogP contribution in [0.4, 0.5) is 8.78 Å². The summed E-state index contributed by atoms with van der Waals surface area (Å²) in [6.07, 6.45) is 5.99. The van der Waals surface area contributed by atoms with E-state index in [1.807, 2.05) is 0 Å². The summed E-state index contributed by atoms with van der Waals surface area (Å²) in [4.78, 5) is 11.5. The highest BCUT2D eigenvalue weighted by Gasteiger charge is 2.15.